The van der Waals surface area contributed by atoms with Gasteiger partial charge in [0.15, 0.2) is 5.82 Å². The van der Waals surface area contributed by atoms with Crippen LogP contribution in [0.5, 0.6) is 0 Å². The lowest BCUT2D eigenvalue weighted by Crippen LogP contribution is -2.56. The monoisotopic (exact) mass is 622 g/mol. The molecule has 0 unspecified atom stereocenters. The van der Waals surface area contributed by atoms with E-state index in [1.165, 1.54) is 0 Å². The summed E-state index contributed by atoms with van der Waals surface area (Å²) < 4.78 is 33.4. The third-order valence-electron chi connectivity index (χ3n) is 10.3. The number of aromatic nitrogens is 2. The van der Waals surface area contributed by atoms with E-state index in [0.29, 0.717) is 25.2 Å². The smallest absolute Gasteiger partial charge is 0.322 e. The number of hydrogen-bond acceptors (Lipinski definition) is 5. The van der Waals surface area contributed by atoms with Crippen molar-refractivity contribution in [1.29, 1.82) is 0 Å². The van der Waals surface area contributed by atoms with Gasteiger partial charge in [-0.15, -0.1) is 0 Å². The molecule has 4 aliphatic carbocycles. The first kappa shape index (κ1) is 29.4. The van der Waals surface area contributed by atoms with Gasteiger partial charge in [-0.1, -0.05) is 34.1 Å². The Morgan fingerprint density at radius 1 is 1.15 bits per heavy atom. The van der Waals surface area contributed by atoms with Gasteiger partial charge >= 0.3 is 12.0 Å². The van der Waals surface area contributed by atoms with E-state index in [9.17, 15) is 18.7 Å². The molecule has 40 heavy (non-hydrogen) atoms. The molecule has 1 aromatic carbocycles. The number of benzene rings is 1. The van der Waals surface area contributed by atoms with Crippen LogP contribution in [0.15, 0.2) is 33.3 Å². The van der Waals surface area contributed by atoms with Crippen molar-refractivity contribution >= 4 is 27.6 Å². The average molecular weight is 624 g/mol. The Hall–Kier alpha value is -2.07. The van der Waals surface area contributed by atoms with E-state index in [2.05, 4.69) is 45.2 Å². The van der Waals surface area contributed by atoms with Gasteiger partial charge in [-0.05, 0) is 108 Å². The second kappa shape index (κ2) is 10.3. The zero-order valence-corrected chi connectivity index (χ0v) is 25.5. The van der Waals surface area contributed by atoms with Crippen LogP contribution in [0, 0.1) is 11.3 Å². The standard InChI is InChI=1S/C30H41BrF2N4O3/c1-20-8-9-26(2,10-11-27(20,3)39)35-25(38)37(22-7-5-6-21(31)18-22)19-29-12-15-30(16-13-29,17-14-29)23-34-24(40-36-23)28(4,32)33/h5-7,18,20,39H,8-17,19H2,1-4H3,(H,35,38)/t20-,26+,27+,29?,30?/m1/s1. The molecule has 4 saturated carbocycles. The zero-order valence-electron chi connectivity index (χ0n) is 23.9. The molecule has 0 spiro atoms. The molecule has 6 rings (SSSR count). The number of fused-ring (bicyclic) bond motifs is 3. The van der Waals surface area contributed by atoms with Crippen LogP contribution in [0.1, 0.15) is 104 Å². The maximum Gasteiger partial charge on any atom is 0.322 e. The third kappa shape index (κ3) is 5.80. The van der Waals surface area contributed by atoms with Gasteiger partial charge in [-0.3, -0.25) is 4.90 Å². The topological polar surface area (TPSA) is 91.5 Å². The summed E-state index contributed by atoms with van der Waals surface area (Å²) in [5.74, 6) is -3.23. The van der Waals surface area contributed by atoms with Crippen LogP contribution in [0.25, 0.3) is 0 Å². The molecule has 1 heterocycles. The van der Waals surface area contributed by atoms with Gasteiger partial charge in [-0.25, -0.2) is 4.79 Å². The van der Waals surface area contributed by atoms with Crippen LogP contribution in [0.4, 0.5) is 19.3 Å². The number of amides is 2. The summed E-state index contributed by atoms with van der Waals surface area (Å²) in [6, 6.07) is 7.70. The van der Waals surface area contributed by atoms with Crippen LogP contribution >= 0.6 is 15.9 Å². The fourth-order valence-electron chi connectivity index (χ4n) is 6.91. The average Bonchev–Trinajstić information content (AvgIpc) is 3.40. The molecule has 220 valence electrons. The molecule has 0 saturated heterocycles. The van der Waals surface area contributed by atoms with Gasteiger partial charge in [0.25, 0.3) is 5.89 Å². The van der Waals surface area contributed by atoms with Gasteiger partial charge in [0.2, 0.25) is 0 Å². The van der Waals surface area contributed by atoms with E-state index in [1.54, 1.807) is 0 Å². The largest absolute Gasteiger partial charge is 0.390 e. The predicted octanol–water partition coefficient (Wildman–Crippen LogP) is 7.47. The van der Waals surface area contributed by atoms with Crippen molar-refractivity contribution in [3.63, 3.8) is 0 Å². The Balaban J connectivity index is 1.34. The summed E-state index contributed by atoms with van der Waals surface area (Å²) in [6.45, 7) is 7.41. The van der Waals surface area contributed by atoms with Crippen molar-refractivity contribution in [2.24, 2.45) is 11.3 Å². The Morgan fingerprint density at radius 3 is 2.42 bits per heavy atom. The van der Waals surface area contributed by atoms with Gasteiger partial charge in [0.05, 0.1) is 5.60 Å². The summed E-state index contributed by atoms with van der Waals surface area (Å²) in [5.41, 5.74) is -0.757. The van der Waals surface area contributed by atoms with Gasteiger partial charge in [-0.2, -0.15) is 13.8 Å². The lowest BCUT2D eigenvalue weighted by atomic mass is 9.53. The molecule has 4 fully saturated rings. The Kier molecular flexibility index (Phi) is 7.60. The first-order chi connectivity index (χ1) is 18.6. The number of halogens is 3. The van der Waals surface area contributed by atoms with E-state index >= 15 is 0 Å². The van der Waals surface area contributed by atoms with Gasteiger partial charge in [0, 0.05) is 34.6 Å². The van der Waals surface area contributed by atoms with Crippen molar-refractivity contribution in [2.45, 2.75) is 114 Å². The fourth-order valence-corrected chi connectivity index (χ4v) is 7.30. The minimum atomic E-state index is -3.16. The van der Waals surface area contributed by atoms with E-state index in [4.69, 9.17) is 4.52 Å². The van der Waals surface area contributed by atoms with Crippen LogP contribution < -0.4 is 10.2 Å². The normalized spacial score (nSPS) is 34.4. The number of aliphatic hydroxyl groups is 1. The van der Waals surface area contributed by atoms with Crippen molar-refractivity contribution < 1.29 is 23.2 Å². The molecule has 4 aliphatic rings. The molecule has 2 amide bonds. The lowest BCUT2D eigenvalue weighted by Gasteiger charge is -2.53. The summed E-state index contributed by atoms with van der Waals surface area (Å²) in [4.78, 5) is 20.0. The zero-order chi connectivity index (χ0) is 29.0. The molecule has 0 aliphatic heterocycles. The highest BCUT2D eigenvalue weighted by Crippen LogP contribution is 2.57. The summed E-state index contributed by atoms with van der Waals surface area (Å²) in [5, 5.41) is 18.2. The molecule has 0 radical (unpaired) electrons. The first-order valence-electron chi connectivity index (χ1n) is 14.4. The van der Waals surface area contributed by atoms with E-state index in [1.807, 2.05) is 36.1 Å². The molecule has 2 N–H and O–H groups in total. The number of anilines is 1. The molecule has 3 atom stereocenters. The highest BCUT2D eigenvalue weighted by atomic mass is 79.9. The van der Waals surface area contributed by atoms with E-state index in [0.717, 1.165) is 68.5 Å². The molecule has 10 heteroatoms. The van der Waals surface area contributed by atoms with E-state index < -0.39 is 23.0 Å². The molecule has 7 nitrogen and oxygen atoms in total. The van der Waals surface area contributed by atoms with Crippen molar-refractivity contribution in [3.05, 3.63) is 40.5 Å². The van der Waals surface area contributed by atoms with Crippen LogP contribution in [-0.4, -0.2) is 39.0 Å². The van der Waals surface area contributed by atoms with E-state index in [-0.39, 0.29) is 22.8 Å². The minimum Gasteiger partial charge on any atom is -0.390 e. The van der Waals surface area contributed by atoms with Crippen LogP contribution in [0.3, 0.4) is 0 Å². The molecular formula is C30H41BrF2N4O3. The summed E-state index contributed by atoms with van der Waals surface area (Å²) in [6.07, 6.45) is 7.89. The molecule has 2 aromatic rings. The van der Waals surface area contributed by atoms with Crippen molar-refractivity contribution in [1.82, 2.24) is 15.5 Å². The molecule has 1 aromatic heterocycles. The van der Waals surface area contributed by atoms with Gasteiger partial charge < -0.3 is 14.9 Å². The highest BCUT2D eigenvalue weighted by molar-refractivity contribution is 9.10. The molecular weight excluding hydrogens is 582 g/mol. The number of alkyl halides is 2. The van der Waals surface area contributed by atoms with Crippen molar-refractivity contribution in [2.75, 3.05) is 11.4 Å². The first-order valence-corrected chi connectivity index (χ1v) is 15.2. The van der Waals surface area contributed by atoms with Crippen molar-refractivity contribution in [3.8, 4) is 0 Å². The predicted molar refractivity (Wildman–Crippen MR) is 152 cm³/mol. The number of rotatable bonds is 6. The second-order valence-electron chi connectivity index (χ2n) is 13.4. The molecule has 2 bridgehead atoms. The number of urea groups is 1. The lowest BCUT2D eigenvalue weighted by molar-refractivity contribution is -0.0158. The number of hydrogen-bond donors (Lipinski definition) is 2. The SMILES string of the molecule is C[C@@H]1CC[C@](C)(NC(=O)N(CC23CCC(c4noc(C(C)(F)F)n4)(CC2)CC3)c2cccc(Br)c2)CC[C@]1(C)O. The van der Waals surface area contributed by atoms with Crippen LogP contribution in [-0.2, 0) is 11.3 Å². The number of carbonyl (C=O) groups is 1. The number of carbonyl (C=O) groups excluding carboxylic acids is 1. The minimum absolute atomic E-state index is 0.0782. The van der Waals surface area contributed by atoms with Gasteiger partial charge in [0.1, 0.15) is 0 Å². The highest BCUT2D eigenvalue weighted by Gasteiger charge is 2.53. The number of nitrogens with one attached hydrogen (secondary N) is 1. The summed E-state index contributed by atoms with van der Waals surface area (Å²) in [7, 11) is 0. The quantitative estimate of drug-likeness (QED) is 0.326. The summed E-state index contributed by atoms with van der Waals surface area (Å²) >= 11 is 3.57. The second-order valence-corrected chi connectivity index (χ2v) is 14.4. The fraction of sp³-hybridized carbons (Fsp3) is 0.700. The maximum atomic E-state index is 14.0. The Morgan fingerprint density at radius 2 is 1.82 bits per heavy atom. The maximum absolute atomic E-state index is 14.0. The van der Waals surface area contributed by atoms with Crippen LogP contribution in [0.2, 0.25) is 0 Å². The third-order valence-corrected chi connectivity index (χ3v) is 10.8. The Bertz CT molecular complexity index is 1220. The Labute approximate surface area is 243 Å². The number of nitrogens with zero attached hydrogens (tertiary/aromatic N) is 3.